The van der Waals surface area contributed by atoms with Gasteiger partial charge in [-0.1, -0.05) is 24.3 Å². The van der Waals surface area contributed by atoms with Gasteiger partial charge in [0.2, 0.25) is 0 Å². The van der Waals surface area contributed by atoms with Gasteiger partial charge in [0.25, 0.3) is 5.91 Å². The highest BCUT2D eigenvalue weighted by Crippen LogP contribution is 2.32. The first-order valence-corrected chi connectivity index (χ1v) is 8.61. The lowest BCUT2D eigenvalue weighted by Crippen LogP contribution is -2.36. The Kier molecular flexibility index (Phi) is 3.34. The lowest BCUT2D eigenvalue weighted by atomic mass is 9.93. The van der Waals surface area contributed by atoms with Crippen molar-refractivity contribution in [2.45, 2.75) is 32.2 Å². The number of carbonyl (C=O) groups excluding carboxylic acids is 2. The molecule has 0 bridgehead atoms. The maximum absolute atomic E-state index is 12.9. The van der Waals surface area contributed by atoms with Gasteiger partial charge in [-0.05, 0) is 36.0 Å². The Morgan fingerprint density at radius 1 is 1.09 bits per heavy atom. The molecular formula is C18H17NO2S. The van der Waals surface area contributed by atoms with Gasteiger partial charge in [-0.3, -0.25) is 9.59 Å². The molecule has 1 aromatic heterocycles. The maximum Gasteiger partial charge on any atom is 0.255 e. The lowest BCUT2D eigenvalue weighted by molar-refractivity contribution is 0.0734. The predicted molar refractivity (Wildman–Crippen MR) is 86.5 cm³/mol. The largest absolute Gasteiger partial charge is 0.334 e. The average molecular weight is 311 g/mol. The number of nitrogens with zero attached hydrogens (tertiary/aromatic N) is 1. The van der Waals surface area contributed by atoms with Gasteiger partial charge in [0.1, 0.15) is 0 Å². The zero-order chi connectivity index (χ0) is 15.1. The van der Waals surface area contributed by atoms with Gasteiger partial charge in [-0.25, -0.2) is 0 Å². The van der Waals surface area contributed by atoms with Crippen molar-refractivity contribution in [1.29, 1.82) is 0 Å². The van der Waals surface area contributed by atoms with Gasteiger partial charge in [-0.15, -0.1) is 11.3 Å². The van der Waals surface area contributed by atoms with E-state index in [1.807, 2.05) is 16.3 Å². The summed E-state index contributed by atoms with van der Waals surface area (Å²) in [6, 6.07) is 8.32. The first kappa shape index (κ1) is 13.7. The minimum absolute atomic E-state index is 0.0849. The van der Waals surface area contributed by atoms with E-state index in [0.717, 1.165) is 41.8 Å². The van der Waals surface area contributed by atoms with Gasteiger partial charge < -0.3 is 4.90 Å². The van der Waals surface area contributed by atoms with Crippen LogP contribution in [0.25, 0.3) is 0 Å². The Morgan fingerprint density at radius 2 is 1.91 bits per heavy atom. The van der Waals surface area contributed by atoms with Gasteiger partial charge in [0.05, 0.1) is 10.4 Å². The fourth-order valence-corrected chi connectivity index (χ4v) is 4.49. The molecule has 0 fully saturated rings. The van der Waals surface area contributed by atoms with Crippen LogP contribution in [0.1, 0.15) is 49.6 Å². The number of benzene rings is 1. The second-order valence-electron chi connectivity index (χ2n) is 5.98. The zero-order valence-electron chi connectivity index (χ0n) is 12.3. The Bertz CT molecular complexity index is 762. The normalized spacial score (nSPS) is 17.1. The number of hydrogen-bond acceptors (Lipinski definition) is 3. The molecule has 0 unspecified atom stereocenters. The molecule has 1 amide bonds. The van der Waals surface area contributed by atoms with Crippen molar-refractivity contribution in [1.82, 2.24) is 4.90 Å². The third kappa shape index (κ3) is 2.18. The van der Waals surface area contributed by atoms with E-state index >= 15 is 0 Å². The van der Waals surface area contributed by atoms with Crippen molar-refractivity contribution in [3.8, 4) is 0 Å². The minimum Gasteiger partial charge on any atom is -0.334 e. The highest BCUT2D eigenvalue weighted by molar-refractivity contribution is 7.12. The summed E-state index contributed by atoms with van der Waals surface area (Å²) in [6.45, 7) is 1.43. The highest BCUT2D eigenvalue weighted by Gasteiger charge is 2.28. The minimum atomic E-state index is 0.0849. The van der Waals surface area contributed by atoms with Crippen molar-refractivity contribution >= 4 is 23.0 Å². The van der Waals surface area contributed by atoms with Crippen LogP contribution in [0.5, 0.6) is 0 Å². The molecule has 2 heterocycles. The van der Waals surface area contributed by atoms with E-state index in [2.05, 4.69) is 18.2 Å². The van der Waals surface area contributed by atoms with Crippen molar-refractivity contribution in [2.75, 3.05) is 6.54 Å². The van der Waals surface area contributed by atoms with E-state index in [9.17, 15) is 9.59 Å². The molecule has 4 heteroatoms. The van der Waals surface area contributed by atoms with Crippen LogP contribution in [0, 0.1) is 0 Å². The number of carbonyl (C=O) groups is 2. The summed E-state index contributed by atoms with van der Waals surface area (Å²) < 4.78 is 0. The molecule has 1 aliphatic carbocycles. The van der Waals surface area contributed by atoms with Crippen LogP contribution in [-0.2, 0) is 19.4 Å². The quantitative estimate of drug-likeness (QED) is 0.809. The molecule has 1 aliphatic heterocycles. The number of Topliss-reactive ketones (excluding diaryl/α,β-unsaturated/α-hetero) is 1. The van der Waals surface area contributed by atoms with Gasteiger partial charge in [0.15, 0.2) is 5.78 Å². The fourth-order valence-electron chi connectivity index (χ4n) is 3.42. The molecule has 0 N–H and O–H groups in total. The number of fused-ring (bicyclic) bond motifs is 2. The summed E-state index contributed by atoms with van der Waals surface area (Å²) in [4.78, 5) is 27.5. The van der Waals surface area contributed by atoms with E-state index in [1.54, 1.807) is 0 Å². The van der Waals surface area contributed by atoms with E-state index in [0.29, 0.717) is 13.0 Å². The summed E-state index contributed by atoms with van der Waals surface area (Å²) in [7, 11) is 0. The molecule has 0 spiro atoms. The molecule has 22 heavy (non-hydrogen) atoms. The number of hydrogen-bond donors (Lipinski definition) is 0. The van der Waals surface area contributed by atoms with Gasteiger partial charge in [-0.2, -0.15) is 0 Å². The molecule has 0 saturated heterocycles. The molecule has 2 aromatic rings. The average Bonchev–Trinajstić information content (AvgIpc) is 2.99. The number of rotatable bonds is 1. The van der Waals surface area contributed by atoms with Crippen LogP contribution in [-0.4, -0.2) is 23.1 Å². The van der Waals surface area contributed by atoms with Crippen LogP contribution in [0.3, 0.4) is 0 Å². The van der Waals surface area contributed by atoms with Crippen LogP contribution in [0.4, 0.5) is 0 Å². The Labute approximate surface area is 133 Å². The predicted octanol–water partition coefficient (Wildman–Crippen LogP) is 3.47. The van der Waals surface area contributed by atoms with Crippen LogP contribution in [0.15, 0.2) is 29.6 Å². The van der Waals surface area contributed by atoms with E-state index < -0.39 is 0 Å². The van der Waals surface area contributed by atoms with E-state index in [4.69, 9.17) is 0 Å². The molecule has 4 rings (SSSR count). The van der Waals surface area contributed by atoms with Crippen LogP contribution in [0.2, 0.25) is 0 Å². The Balaban J connectivity index is 1.62. The van der Waals surface area contributed by atoms with Gasteiger partial charge >= 0.3 is 0 Å². The summed E-state index contributed by atoms with van der Waals surface area (Å²) in [5.74, 6) is 0.288. The van der Waals surface area contributed by atoms with Crippen molar-refractivity contribution in [3.05, 3.63) is 56.8 Å². The maximum atomic E-state index is 12.9. The molecule has 0 radical (unpaired) electrons. The molecule has 0 atom stereocenters. The summed E-state index contributed by atoms with van der Waals surface area (Å²) >= 11 is 1.44. The van der Waals surface area contributed by atoms with Gasteiger partial charge in [0, 0.05) is 24.9 Å². The first-order valence-electron chi connectivity index (χ1n) is 7.73. The van der Waals surface area contributed by atoms with Crippen molar-refractivity contribution < 1.29 is 9.59 Å². The van der Waals surface area contributed by atoms with Crippen molar-refractivity contribution in [3.63, 3.8) is 0 Å². The van der Waals surface area contributed by atoms with Crippen molar-refractivity contribution in [2.24, 2.45) is 0 Å². The monoisotopic (exact) mass is 311 g/mol. The third-order valence-electron chi connectivity index (χ3n) is 4.63. The second-order valence-corrected chi connectivity index (χ2v) is 6.86. The summed E-state index contributed by atoms with van der Waals surface area (Å²) in [5, 5.41) is 1.89. The van der Waals surface area contributed by atoms with E-state index in [-0.39, 0.29) is 11.7 Å². The highest BCUT2D eigenvalue weighted by atomic mass is 32.1. The molecule has 1 aromatic carbocycles. The lowest BCUT2D eigenvalue weighted by Gasteiger charge is -2.29. The summed E-state index contributed by atoms with van der Waals surface area (Å²) in [5.41, 5.74) is 4.33. The summed E-state index contributed by atoms with van der Waals surface area (Å²) in [6.07, 6.45) is 3.26. The molecule has 0 saturated carbocycles. The molecule has 2 aliphatic rings. The standard InChI is InChI=1S/C18H17NO2S/c20-16-7-3-6-14-15(11-22-17(14)16)18(21)19-9-8-12-4-1-2-5-13(12)10-19/h1-2,4-5,11H,3,6-10H2. The number of thiophene rings is 1. The van der Waals surface area contributed by atoms with E-state index in [1.165, 1.54) is 22.5 Å². The molecule has 3 nitrogen and oxygen atoms in total. The Morgan fingerprint density at radius 3 is 2.77 bits per heavy atom. The first-order chi connectivity index (χ1) is 10.7. The van der Waals surface area contributed by atoms with Crippen LogP contribution >= 0.6 is 11.3 Å². The SMILES string of the molecule is O=C1CCCc2c(C(=O)N3CCc4ccccc4C3)csc21. The molecular weight excluding hydrogens is 294 g/mol. The second kappa shape index (κ2) is 5.36. The smallest absolute Gasteiger partial charge is 0.255 e. The van der Waals surface area contributed by atoms with Crippen LogP contribution < -0.4 is 0 Å². The third-order valence-corrected chi connectivity index (χ3v) is 5.69. The zero-order valence-corrected chi connectivity index (χ0v) is 13.1. The Hall–Kier alpha value is -1.94. The number of amides is 1. The number of ketones is 1. The topological polar surface area (TPSA) is 37.4 Å². The molecule has 112 valence electrons. The fraction of sp³-hybridized carbons (Fsp3) is 0.333.